The molecular formula is C25H25N5O2. The fourth-order valence-corrected chi connectivity index (χ4v) is 4.28. The number of carbonyl (C=O) groups excluding carboxylic acids is 1. The van der Waals surface area contributed by atoms with Crippen molar-refractivity contribution >= 4 is 16.8 Å². The van der Waals surface area contributed by atoms with Gasteiger partial charge in [-0.05, 0) is 43.2 Å². The Balaban J connectivity index is 1.38. The van der Waals surface area contributed by atoms with E-state index in [4.69, 9.17) is 4.98 Å². The summed E-state index contributed by atoms with van der Waals surface area (Å²) in [5.74, 6) is 0.711. The smallest absolute Gasteiger partial charge is 0.261 e. The Hall–Kier alpha value is -3.74. The molecule has 7 heteroatoms. The van der Waals surface area contributed by atoms with Gasteiger partial charge in [0.25, 0.3) is 11.5 Å². The summed E-state index contributed by atoms with van der Waals surface area (Å²) < 4.78 is 3.60. The van der Waals surface area contributed by atoms with E-state index in [1.54, 1.807) is 45.6 Å². The predicted molar refractivity (Wildman–Crippen MR) is 123 cm³/mol. The number of carbonyl (C=O) groups is 1. The van der Waals surface area contributed by atoms with Crippen LogP contribution in [-0.2, 0) is 19.5 Å². The minimum absolute atomic E-state index is 0.00687. The summed E-state index contributed by atoms with van der Waals surface area (Å²) in [4.78, 5) is 32.4. The fourth-order valence-electron chi connectivity index (χ4n) is 4.28. The largest absolute Gasteiger partial charge is 0.337 e. The first-order chi connectivity index (χ1) is 15.6. The number of amides is 1. The zero-order valence-corrected chi connectivity index (χ0v) is 18.1. The SMILES string of the molecule is CN(Cc1cnn(-c2ccccc2)c1)C(=O)c1ccc2c(=O)n3c(nc2c1)CCCCC3. The summed E-state index contributed by atoms with van der Waals surface area (Å²) in [6, 6.07) is 15.1. The minimum atomic E-state index is -0.115. The highest BCUT2D eigenvalue weighted by atomic mass is 16.2. The Morgan fingerprint density at radius 1 is 1.09 bits per heavy atom. The molecule has 32 heavy (non-hydrogen) atoms. The molecule has 162 valence electrons. The van der Waals surface area contributed by atoms with Gasteiger partial charge in [0.2, 0.25) is 0 Å². The minimum Gasteiger partial charge on any atom is -0.337 e. The second-order valence-electron chi connectivity index (χ2n) is 8.32. The van der Waals surface area contributed by atoms with Gasteiger partial charge in [0.15, 0.2) is 0 Å². The molecule has 0 saturated carbocycles. The van der Waals surface area contributed by atoms with Gasteiger partial charge in [0.1, 0.15) is 5.82 Å². The van der Waals surface area contributed by atoms with Gasteiger partial charge in [0.05, 0.1) is 22.8 Å². The maximum Gasteiger partial charge on any atom is 0.261 e. The summed E-state index contributed by atoms with van der Waals surface area (Å²) in [6.45, 7) is 1.15. The molecule has 1 aliphatic heterocycles. The Kier molecular flexibility index (Phi) is 5.31. The van der Waals surface area contributed by atoms with Gasteiger partial charge >= 0.3 is 0 Å². The van der Waals surface area contributed by atoms with Crippen molar-refractivity contribution in [3.63, 3.8) is 0 Å². The molecule has 0 aliphatic carbocycles. The number of hydrogen-bond acceptors (Lipinski definition) is 4. The lowest BCUT2D eigenvalue weighted by atomic mass is 10.1. The van der Waals surface area contributed by atoms with Crippen molar-refractivity contribution in [3.8, 4) is 5.69 Å². The van der Waals surface area contributed by atoms with Crippen LogP contribution in [0, 0.1) is 0 Å². The van der Waals surface area contributed by atoms with Crippen LogP contribution in [0.5, 0.6) is 0 Å². The van der Waals surface area contributed by atoms with E-state index in [0.29, 0.717) is 23.0 Å². The number of para-hydroxylation sites is 1. The van der Waals surface area contributed by atoms with Crippen molar-refractivity contribution in [1.29, 1.82) is 0 Å². The number of rotatable bonds is 4. The van der Waals surface area contributed by atoms with E-state index in [0.717, 1.165) is 49.3 Å². The number of aryl methyl sites for hydroxylation is 1. The van der Waals surface area contributed by atoms with Crippen molar-refractivity contribution in [1.82, 2.24) is 24.2 Å². The second-order valence-corrected chi connectivity index (χ2v) is 8.32. The Morgan fingerprint density at radius 2 is 1.94 bits per heavy atom. The van der Waals surface area contributed by atoms with E-state index < -0.39 is 0 Å². The number of hydrogen-bond donors (Lipinski definition) is 0. The van der Waals surface area contributed by atoms with E-state index in [-0.39, 0.29) is 11.5 Å². The Labute approximate surface area is 185 Å². The highest BCUT2D eigenvalue weighted by molar-refractivity contribution is 5.97. The molecule has 2 aromatic heterocycles. The third-order valence-corrected chi connectivity index (χ3v) is 5.99. The van der Waals surface area contributed by atoms with Crippen LogP contribution in [0.3, 0.4) is 0 Å². The molecule has 7 nitrogen and oxygen atoms in total. The zero-order valence-electron chi connectivity index (χ0n) is 18.1. The lowest BCUT2D eigenvalue weighted by molar-refractivity contribution is 0.0785. The molecule has 0 saturated heterocycles. The topological polar surface area (TPSA) is 73.0 Å². The van der Waals surface area contributed by atoms with Crippen LogP contribution in [0.4, 0.5) is 0 Å². The molecule has 0 radical (unpaired) electrons. The molecule has 5 rings (SSSR count). The van der Waals surface area contributed by atoms with Crippen molar-refractivity contribution in [2.24, 2.45) is 0 Å². The van der Waals surface area contributed by atoms with Crippen molar-refractivity contribution in [2.45, 2.75) is 38.8 Å². The lowest BCUT2D eigenvalue weighted by Gasteiger charge is -2.17. The van der Waals surface area contributed by atoms with Crippen LogP contribution >= 0.6 is 0 Å². The Morgan fingerprint density at radius 3 is 2.78 bits per heavy atom. The number of aromatic nitrogens is 4. The average Bonchev–Trinajstić information content (AvgIpc) is 3.15. The second kappa shape index (κ2) is 8.42. The molecular weight excluding hydrogens is 402 g/mol. The summed E-state index contributed by atoms with van der Waals surface area (Å²) >= 11 is 0. The van der Waals surface area contributed by atoms with Gasteiger partial charge < -0.3 is 4.90 Å². The van der Waals surface area contributed by atoms with E-state index >= 15 is 0 Å². The summed E-state index contributed by atoms with van der Waals surface area (Å²) in [5.41, 5.74) is 3.03. The van der Waals surface area contributed by atoms with Gasteiger partial charge in [0, 0.05) is 43.9 Å². The van der Waals surface area contributed by atoms with Crippen LogP contribution < -0.4 is 5.56 Å². The molecule has 2 aromatic carbocycles. The van der Waals surface area contributed by atoms with Gasteiger partial charge in [-0.1, -0.05) is 24.6 Å². The zero-order chi connectivity index (χ0) is 22.1. The summed E-state index contributed by atoms with van der Waals surface area (Å²) in [5, 5.41) is 4.97. The molecule has 4 aromatic rings. The van der Waals surface area contributed by atoms with Crippen LogP contribution in [0.2, 0.25) is 0 Å². The molecule has 3 heterocycles. The maximum atomic E-state index is 13.1. The summed E-state index contributed by atoms with van der Waals surface area (Å²) in [7, 11) is 1.77. The van der Waals surface area contributed by atoms with Crippen molar-refractivity contribution in [3.05, 3.63) is 88.2 Å². The molecule has 0 unspecified atom stereocenters. The lowest BCUT2D eigenvalue weighted by Crippen LogP contribution is -2.27. The quantitative estimate of drug-likeness (QED) is 0.499. The first kappa shape index (κ1) is 20.2. The molecule has 0 atom stereocenters. The maximum absolute atomic E-state index is 13.1. The number of benzene rings is 2. The normalized spacial score (nSPS) is 13.5. The van der Waals surface area contributed by atoms with E-state index in [1.165, 1.54) is 0 Å². The van der Waals surface area contributed by atoms with Crippen LogP contribution in [0.15, 0.2) is 65.7 Å². The van der Waals surface area contributed by atoms with Gasteiger partial charge in [-0.3, -0.25) is 14.2 Å². The Bertz CT molecular complexity index is 1340. The first-order valence-corrected chi connectivity index (χ1v) is 11.0. The van der Waals surface area contributed by atoms with E-state index in [2.05, 4.69) is 5.10 Å². The third-order valence-electron chi connectivity index (χ3n) is 5.99. The van der Waals surface area contributed by atoms with Crippen LogP contribution in [0.1, 0.15) is 41.0 Å². The highest BCUT2D eigenvalue weighted by Crippen LogP contribution is 2.18. The fraction of sp³-hybridized carbons (Fsp3) is 0.280. The molecule has 0 spiro atoms. The van der Waals surface area contributed by atoms with Gasteiger partial charge in [-0.25, -0.2) is 9.67 Å². The van der Waals surface area contributed by atoms with E-state index in [9.17, 15) is 9.59 Å². The molecule has 0 bridgehead atoms. The number of fused-ring (bicyclic) bond motifs is 2. The molecule has 0 fully saturated rings. The van der Waals surface area contributed by atoms with Gasteiger partial charge in [-0.2, -0.15) is 5.10 Å². The highest BCUT2D eigenvalue weighted by Gasteiger charge is 2.17. The average molecular weight is 428 g/mol. The summed E-state index contributed by atoms with van der Waals surface area (Å²) in [6.07, 6.45) is 7.65. The van der Waals surface area contributed by atoms with Crippen molar-refractivity contribution in [2.75, 3.05) is 7.05 Å². The number of nitrogens with zero attached hydrogens (tertiary/aromatic N) is 5. The first-order valence-electron chi connectivity index (χ1n) is 11.0. The monoisotopic (exact) mass is 427 g/mol. The van der Waals surface area contributed by atoms with Crippen LogP contribution in [0.25, 0.3) is 16.6 Å². The molecule has 1 aliphatic rings. The third kappa shape index (κ3) is 3.82. The van der Waals surface area contributed by atoms with E-state index in [1.807, 2.05) is 36.5 Å². The van der Waals surface area contributed by atoms with Gasteiger partial charge in [-0.15, -0.1) is 0 Å². The predicted octanol–water partition coefficient (Wildman–Crippen LogP) is 3.58. The molecule has 1 amide bonds. The van der Waals surface area contributed by atoms with Crippen molar-refractivity contribution < 1.29 is 4.79 Å². The van der Waals surface area contributed by atoms with Crippen LogP contribution in [-0.4, -0.2) is 37.2 Å². The standard InChI is InChI=1S/C25H25N5O2/c1-28(16-18-15-26-30(17-18)20-8-4-2-5-9-20)24(31)19-11-12-21-22(14-19)27-23-10-6-3-7-13-29(23)25(21)32/h2,4-5,8-9,11-12,14-15,17H,3,6-7,10,13,16H2,1H3. The molecule has 0 N–H and O–H groups in total.